The lowest BCUT2D eigenvalue weighted by atomic mass is 10.6. The van der Waals surface area contributed by atoms with Crippen LogP contribution in [0.25, 0.3) is 0 Å². The molecule has 1 rings (SSSR count). The lowest BCUT2D eigenvalue weighted by molar-refractivity contribution is 0.386. The highest BCUT2D eigenvalue weighted by molar-refractivity contribution is 5.23. The van der Waals surface area contributed by atoms with Crippen LogP contribution < -0.4 is 10.7 Å². The van der Waals surface area contributed by atoms with Crippen molar-refractivity contribution in [2.75, 3.05) is 18.5 Å². The molecule has 0 amide bonds. The first-order chi connectivity index (χ1) is 4.74. The van der Waals surface area contributed by atoms with Gasteiger partial charge in [-0.2, -0.15) is 0 Å². The summed E-state index contributed by atoms with van der Waals surface area (Å²) >= 11 is 0. The Morgan fingerprint density at radius 3 is 2.90 bits per heavy atom. The van der Waals surface area contributed by atoms with Crippen LogP contribution in [0.1, 0.15) is 6.92 Å². The van der Waals surface area contributed by atoms with Gasteiger partial charge in [-0.3, -0.25) is 9.51 Å². The average molecular weight is 143 g/mol. The van der Waals surface area contributed by atoms with E-state index in [1.165, 1.54) is 0 Å². The maximum Gasteiger partial charge on any atom is 0.440 e. The molecule has 1 aromatic rings. The largest absolute Gasteiger partial charge is 0.440 e. The summed E-state index contributed by atoms with van der Waals surface area (Å²) in [6, 6.07) is 0. The van der Waals surface area contributed by atoms with Crippen molar-refractivity contribution in [1.29, 1.82) is 0 Å². The van der Waals surface area contributed by atoms with Crippen LogP contribution in [0.3, 0.4) is 0 Å². The van der Waals surface area contributed by atoms with Crippen LogP contribution in [0.15, 0.2) is 9.32 Å². The van der Waals surface area contributed by atoms with Crippen molar-refractivity contribution in [3.05, 3.63) is 10.6 Å². The molecule has 0 aliphatic rings. The molecule has 0 radical (unpaired) electrons. The van der Waals surface area contributed by atoms with E-state index in [2.05, 4.69) is 14.7 Å². The Bertz CT molecular complexity index is 251. The Morgan fingerprint density at radius 2 is 2.50 bits per heavy atom. The van der Waals surface area contributed by atoms with Gasteiger partial charge in [-0.1, -0.05) is 0 Å². The van der Waals surface area contributed by atoms with Gasteiger partial charge in [0.25, 0.3) is 0 Å². The summed E-state index contributed by atoms with van der Waals surface area (Å²) in [5, 5.41) is 3.47. The second kappa shape index (κ2) is 2.55. The molecule has 56 valence electrons. The molecule has 5 nitrogen and oxygen atoms in total. The highest BCUT2D eigenvalue weighted by Crippen LogP contribution is 1.97. The Balaban J connectivity index is 2.84. The van der Waals surface area contributed by atoms with E-state index in [1.54, 1.807) is 4.90 Å². The number of anilines is 1. The zero-order valence-corrected chi connectivity index (χ0v) is 5.92. The van der Waals surface area contributed by atoms with E-state index < -0.39 is 5.76 Å². The maximum atomic E-state index is 10.4. The maximum absolute atomic E-state index is 10.4. The lowest BCUT2D eigenvalue weighted by Crippen LogP contribution is -2.17. The third kappa shape index (κ3) is 1.18. The minimum atomic E-state index is -0.518. The number of nitrogens with one attached hydrogen (secondary N) is 1. The van der Waals surface area contributed by atoms with Gasteiger partial charge in [0, 0.05) is 13.6 Å². The molecular formula is C5H9N3O2. The molecule has 0 atom stereocenters. The Morgan fingerprint density at radius 1 is 1.80 bits per heavy atom. The summed E-state index contributed by atoms with van der Waals surface area (Å²) in [7, 11) is 1.81. The van der Waals surface area contributed by atoms with Gasteiger partial charge in [-0.25, -0.2) is 4.79 Å². The summed E-state index contributed by atoms with van der Waals surface area (Å²) in [5.41, 5.74) is 0. The van der Waals surface area contributed by atoms with Crippen LogP contribution >= 0.6 is 0 Å². The van der Waals surface area contributed by atoms with E-state index in [0.29, 0.717) is 5.95 Å². The standard InChI is InChI=1S/C5H9N3O2/c1-3-8(2)4-6-5(9)10-7-4/h3H2,1-2H3,(H,6,7,9). The van der Waals surface area contributed by atoms with E-state index >= 15 is 0 Å². The summed E-state index contributed by atoms with van der Waals surface area (Å²) in [5.74, 6) is -0.0530. The highest BCUT2D eigenvalue weighted by atomic mass is 16.5. The second-order valence-electron chi connectivity index (χ2n) is 1.93. The van der Waals surface area contributed by atoms with Gasteiger partial charge in [-0.05, 0) is 12.1 Å². The fourth-order valence-electron chi connectivity index (χ4n) is 0.537. The fraction of sp³-hybridized carbons (Fsp3) is 0.600. The highest BCUT2D eigenvalue weighted by Gasteiger charge is 2.02. The summed E-state index contributed by atoms with van der Waals surface area (Å²) < 4.78 is 4.28. The SMILES string of the molecule is CCN(C)c1noc(=O)[nH]1. The molecule has 10 heavy (non-hydrogen) atoms. The number of aromatic nitrogens is 2. The topological polar surface area (TPSA) is 62.1 Å². The van der Waals surface area contributed by atoms with Gasteiger partial charge >= 0.3 is 5.76 Å². The molecule has 0 saturated carbocycles. The average Bonchev–Trinajstić information content (AvgIpc) is 2.34. The van der Waals surface area contributed by atoms with E-state index in [1.807, 2.05) is 14.0 Å². The molecule has 0 aliphatic heterocycles. The predicted octanol–water partition coefficient (Wildman–Crippen LogP) is -0.181. The Labute approximate surface area is 57.6 Å². The summed E-state index contributed by atoms with van der Waals surface area (Å²) in [4.78, 5) is 14.6. The molecule has 0 spiro atoms. The molecule has 0 fully saturated rings. The zero-order chi connectivity index (χ0) is 7.56. The van der Waals surface area contributed by atoms with E-state index in [0.717, 1.165) is 6.54 Å². The Hall–Kier alpha value is -1.26. The van der Waals surface area contributed by atoms with E-state index in [9.17, 15) is 4.79 Å². The number of hydrogen-bond donors (Lipinski definition) is 1. The van der Waals surface area contributed by atoms with E-state index in [4.69, 9.17) is 0 Å². The molecule has 1 heterocycles. The first kappa shape index (κ1) is 6.85. The van der Waals surface area contributed by atoms with Crippen LogP contribution in [0.4, 0.5) is 5.95 Å². The van der Waals surface area contributed by atoms with Crippen LogP contribution in [-0.4, -0.2) is 23.7 Å². The van der Waals surface area contributed by atoms with Gasteiger partial charge in [0.15, 0.2) is 0 Å². The van der Waals surface area contributed by atoms with Crippen molar-refractivity contribution in [2.45, 2.75) is 6.92 Å². The van der Waals surface area contributed by atoms with Crippen molar-refractivity contribution < 1.29 is 4.52 Å². The van der Waals surface area contributed by atoms with Gasteiger partial charge in [-0.15, -0.1) is 0 Å². The molecular weight excluding hydrogens is 134 g/mol. The number of nitrogens with zero attached hydrogens (tertiary/aromatic N) is 2. The molecule has 0 unspecified atom stereocenters. The van der Waals surface area contributed by atoms with Gasteiger partial charge < -0.3 is 4.90 Å². The molecule has 0 aliphatic carbocycles. The van der Waals surface area contributed by atoms with Crippen LogP contribution in [0.2, 0.25) is 0 Å². The molecule has 0 bridgehead atoms. The third-order valence-electron chi connectivity index (χ3n) is 1.26. The van der Waals surface area contributed by atoms with Crippen LogP contribution in [-0.2, 0) is 0 Å². The number of H-pyrrole nitrogens is 1. The normalized spacial score (nSPS) is 9.80. The Kier molecular flexibility index (Phi) is 1.75. The van der Waals surface area contributed by atoms with E-state index in [-0.39, 0.29) is 0 Å². The first-order valence-corrected chi connectivity index (χ1v) is 3.01. The van der Waals surface area contributed by atoms with Crippen molar-refractivity contribution in [3.63, 3.8) is 0 Å². The molecule has 1 N–H and O–H groups in total. The molecule has 0 aromatic carbocycles. The van der Waals surface area contributed by atoms with Crippen molar-refractivity contribution in [2.24, 2.45) is 0 Å². The van der Waals surface area contributed by atoms with Crippen molar-refractivity contribution in [3.8, 4) is 0 Å². The summed E-state index contributed by atoms with van der Waals surface area (Å²) in [6.07, 6.45) is 0. The number of rotatable bonds is 2. The minimum absolute atomic E-state index is 0.465. The zero-order valence-electron chi connectivity index (χ0n) is 5.92. The van der Waals surface area contributed by atoms with Crippen molar-refractivity contribution in [1.82, 2.24) is 10.1 Å². The third-order valence-corrected chi connectivity index (χ3v) is 1.26. The molecule has 5 heteroatoms. The molecule has 1 aromatic heterocycles. The monoisotopic (exact) mass is 143 g/mol. The predicted molar refractivity (Wildman–Crippen MR) is 36.1 cm³/mol. The molecule has 0 saturated heterocycles. The lowest BCUT2D eigenvalue weighted by Gasteiger charge is -2.09. The number of hydrogen-bond acceptors (Lipinski definition) is 4. The van der Waals surface area contributed by atoms with Gasteiger partial charge in [0.2, 0.25) is 5.95 Å². The van der Waals surface area contributed by atoms with Gasteiger partial charge in [0.1, 0.15) is 0 Å². The second-order valence-corrected chi connectivity index (χ2v) is 1.93. The quantitative estimate of drug-likeness (QED) is 0.623. The minimum Gasteiger partial charge on any atom is -0.343 e. The fourth-order valence-corrected chi connectivity index (χ4v) is 0.537. The number of aromatic amines is 1. The van der Waals surface area contributed by atoms with Gasteiger partial charge in [0.05, 0.1) is 0 Å². The summed E-state index contributed by atoms with van der Waals surface area (Å²) in [6.45, 7) is 2.73. The van der Waals surface area contributed by atoms with Crippen LogP contribution in [0.5, 0.6) is 0 Å². The van der Waals surface area contributed by atoms with Crippen LogP contribution in [0, 0.1) is 0 Å². The smallest absolute Gasteiger partial charge is 0.343 e. The van der Waals surface area contributed by atoms with Crippen molar-refractivity contribution >= 4 is 5.95 Å². The first-order valence-electron chi connectivity index (χ1n) is 3.01.